The fourth-order valence-electron chi connectivity index (χ4n) is 3.35. The molecule has 1 aromatic heterocycles. The molecule has 0 bridgehead atoms. The zero-order chi connectivity index (χ0) is 17.8. The molecule has 3 rings (SSSR count). The summed E-state index contributed by atoms with van der Waals surface area (Å²) in [7, 11) is 0. The highest BCUT2D eigenvalue weighted by atomic mass is 16.5. The van der Waals surface area contributed by atoms with Crippen molar-refractivity contribution in [2.75, 3.05) is 37.7 Å². The van der Waals surface area contributed by atoms with Crippen LogP contribution in [-0.2, 0) is 11.2 Å². The number of nitrogens with one attached hydrogen (secondary N) is 1. The summed E-state index contributed by atoms with van der Waals surface area (Å²) in [5.41, 5.74) is 4.31. The third-order valence-electron chi connectivity index (χ3n) is 4.63. The van der Waals surface area contributed by atoms with E-state index in [1.807, 2.05) is 49.9 Å². The minimum absolute atomic E-state index is 0.185. The monoisotopic (exact) mass is 342 g/mol. The maximum atomic E-state index is 12.6. The average Bonchev–Trinajstić information content (AvgIpc) is 2.95. The lowest BCUT2D eigenvalue weighted by atomic mass is 10.1. The second-order valence-electron chi connectivity index (χ2n) is 6.40. The predicted molar refractivity (Wildman–Crippen MR) is 98.2 cm³/mol. The van der Waals surface area contributed by atoms with Crippen molar-refractivity contribution in [3.8, 4) is 5.75 Å². The Bertz CT molecular complexity index is 696. The molecule has 2 heterocycles. The molecule has 1 saturated heterocycles. The first-order valence-electron chi connectivity index (χ1n) is 8.84. The quantitative estimate of drug-likeness (QED) is 0.906. The van der Waals surface area contributed by atoms with Gasteiger partial charge in [-0.3, -0.25) is 9.89 Å². The number of H-pyrrole nitrogens is 1. The van der Waals surface area contributed by atoms with Gasteiger partial charge in [-0.2, -0.15) is 5.10 Å². The Balaban J connectivity index is 1.54. The Morgan fingerprint density at radius 2 is 1.84 bits per heavy atom. The summed E-state index contributed by atoms with van der Waals surface area (Å²) in [5.74, 6) is 1.03. The van der Waals surface area contributed by atoms with Crippen LogP contribution < -0.4 is 9.64 Å². The number of hydrogen-bond donors (Lipinski definition) is 1. The number of rotatable bonds is 5. The van der Waals surface area contributed by atoms with E-state index in [1.54, 1.807) is 0 Å². The molecule has 1 aromatic carbocycles. The smallest absolute Gasteiger partial charge is 0.227 e. The number of carbonyl (C=O) groups is 1. The van der Waals surface area contributed by atoms with Gasteiger partial charge in [0, 0.05) is 26.2 Å². The van der Waals surface area contributed by atoms with Crippen molar-refractivity contribution < 1.29 is 9.53 Å². The molecule has 0 spiro atoms. The molecule has 1 amide bonds. The van der Waals surface area contributed by atoms with Crippen LogP contribution in [0.2, 0.25) is 0 Å². The molecule has 134 valence electrons. The molecule has 1 aliphatic rings. The number of carbonyl (C=O) groups excluding carboxylic acids is 1. The first kappa shape index (κ1) is 17.3. The van der Waals surface area contributed by atoms with Crippen LogP contribution in [0.5, 0.6) is 5.75 Å². The van der Waals surface area contributed by atoms with Gasteiger partial charge in [-0.1, -0.05) is 12.1 Å². The van der Waals surface area contributed by atoms with Crippen molar-refractivity contribution in [3.05, 3.63) is 41.2 Å². The van der Waals surface area contributed by atoms with Gasteiger partial charge in [0.1, 0.15) is 5.75 Å². The van der Waals surface area contributed by atoms with Crippen LogP contribution in [0.3, 0.4) is 0 Å². The van der Waals surface area contributed by atoms with Crippen LogP contribution in [0.1, 0.15) is 23.9 Å². The lowest BCUT2D eigenvalue weighted by molar-refractivity contribution is -0.130. The molecule has 25 heavy (non-hydrogen) atoms. The van der Waals surface area contributed by atoms with Crippen molar-refractivity contribution in [2.24, 2.45) is 0 Å². The van der Waals surface area contributed by atoms with E-state index in [0.717, 1.165) is 48.9 Å². The molecule has 6 nitrogen and oxygen atoms in total. The highest BCUT2D eigenvalue weighted by Gasteiger charge is 2.24. The molecular formula is C19H26N4O2. The third-order valence-corrected chi connectivity index (χ3v) is 4.63. The highest BCUT2D eigenvalue weighted by molar-refractivity contribution is 5.79. The van der Waals surface area contributed by atoms with Crippen molar-refractivity contribution >= 4 is 11.6 Å². The number of anilines is 1. The van der Waals surface area contributed by atoms with Gasteiger partial charge < -0.3 is 14.5 Å². The van der Waals surface area contributed by atoms with Gasteiger partial charge in [-0.05, 0) is 38.5 Å². The summed E-state index contributed by atoms with van der Waals surface area (Å²) in [6.07, 6.45) is 0.441. The molecule has 0 saturated carbocycles. The molecular weight excluding hydrogens is 316 g/mol. The molecule has 1 aliphatic heterocycles. The Hall–Kier alpha value is -2.50. The number of aryl methyl sites for hydroxylation is 2. The second kappa shape index (κ2) is 7.59. The minimum atomic E-state index is 0.185. The van der Waals surface area contributed by atoms with E-state index in [-0.39, 0.29) is 5.91 Å². The number of nitrogens with zero attached hydrogens (tertiary/aromatic N) is 3. The standard InChI is InChI=1S/C19H26N4O2/c1-4-25-17-7-5-16(6-8-17)13-18(24)22-9-11-23(12-10-22)19-14(2)20-21-15(19)3/h5-8H,4,9-13H2,1-3H3,(H,20,21). The lowest BCUT2D eigenvalue weighted by Gasteiger charge is -2.36. The molecule has 2 aromatic rings. The number of ether oxygens (including phenoxy) is 1. The van der Waals surface area contributed by atoms with Crippen molar-refractivity contribution in [2.45, 2.75) is 27.2 Å². The number of aromatic nitrogens is 2. The van der Waals surface area contributed by atoms with Gasteiger partial charge in [0.15, 0.2) is 0 Å². The molecule has 0 aliphatic carbocycles. The Morgan fingerprint density at radius 1 is 1.16 bits per heavy atom. The molecule has 6 heteroatoms. The lowest BCUT2D eigenvalue weighted by Crippen LogP contribution is -2.49. The topological polar surface area (TPSA) is 61.5 Å². The van der Waals surface area contributed by atoms with Crippen molar-refractivity contribution in [1.29, 1.82) is 0 Å². The zero-order valence-corrected chi connectivity index (χ0v) is 15.2. The Kier molecular flexibility index (Phi) is 5.26. The van der Waals surface area contributed by atoms with Crippen molar-refractivity contribution in [1.82, 2.24) is 15.1 Å². The number of piperazine rings is 1. The average molecular weight is 342 g/mol. The van der Waals surface area contributed by atoms with Crippen LogP contribution in [-0.4, -0.2) is 53.8 Å². The molecule has 1 fully saturated rings. The number of amides is 1. The Labute approximate surface area is 148 Å². The fraction of sp³-hybridized carbons (Fsp3) is 0.474. The van der Waals surface area contributed by atoms with Gasteiger partial charge >= 0.3 is 0 Å². The summed E-state index contributed by atoms with van der Waals surface area (Å²) in [6, 6.07) is 7.79. The van der Waals surface area contributed by atoms with E-state index in [2.05, 4.69) is 15.1 Å². The van der Waals surface area contributed by atoms with Gasteiger partial charge in [0.05, 0.1) is 30.1 Å². The SMILES string of the molecule is CCOc1ccc(CC(=O)N2CCN(c3c(C)n[nH]c3C)CC2)cc1. The largest absolute Gasteiger partial charge is 0.494 e. The number of benzene rings is 1. The summed E-state index contributed by atoms with van der Waals surface area (Å²) in [4.78, 5) is 16.8. The maximum Gasteiger partial charge on any atom is 0.227 e. The van der Waals surface area contributed by atoms with Gasteiger partial charge in [-0.25, -0.2) is 0 Å². The van der Waals surface area contributed by atoms with Gasteiger partial charge in [0.25, 0.3) is 0 Å². The molecule has 1 N–H and O–H groups in total. The van der Waals surface area contributed by atoms with Crippen LogP contribution in [0.25, 0.3) is 0 Å². The first-order chi connectivity index (χ1) is 12.1. The van der Waals surface area contributed by atoms with Gasteiger partial charge in [-0.15, -0.1) is 0 Å². The minimum Gasteiger partial charge on any atom is -0.494 e. The van der Waals surface area contributed by atoms with Crippen molar-refractivity contribution in [3.63, 3.8) is 0 Å². The molecule has 0 atom stereocenters. The molecule has 0 unspecified atom stereocenters. The van der Waals surface area contributed by atoms with E-state index in [1.165, 1.54) is 5.69 Å². The van der Waals surface area contributed by atoms with Crippen LogP contribution >= 0.6 is 0 Å². The van der Waals surface area contributed by atoms with Crippen LogP contribution in [0.15, 0.2) is 24.3 Å². The summed E-state index contributed by atoms with van der Waals surface area (Å²) in [6.45, 7) is 9.86. The van der Waals surface area contributed by atoms with E-state index >= 15 is 0 Å². The number of hydrogen-bond acceptors (Lipinski definition) is 4. The summed E-state index contributed by atoms with van der Waals surface area (Å²) < 4.78 is 5.44. The van der Waals surface area contributed by atoms with Crippen LogP contribution in [0.4, 0.5) is 5.69 Å². The van der Waals surface area contributed by atoms with Gasteiger partial charge in [0.2, 0.25) is 5.91 Å². The van der Waals surface area contributed by atoms with E-state index < -0.39 is 0 Å². The second-order valence-corrected chi connectivity index (χ2v) is 6.40. The van der Waals surface area contributed by atoms with E-state index in [9.17, 15) is 4.79 Å². The van der Waals surface area contributed by atoms with E-state index in [4.69, 9.17) is 4.74 Å². The predicted octanol–water partition coefficient (Wildman–Crippen LogP) is 2.32. The summed E-state index contributed by atoms with van der Waals surface area (Å²) >= 11 is 0. The summed E-state index contributed by atoms with van der Waals surface area (Å²) in [5, 5.41) is 7.30. The number of aromatic amines is 1. The highest BCUT2D eigenvalue weighted by Crippen LogP contribution is 2.23. The van der Waals surface area contributed by atoms with E-state index in [0.29, 0.717) is 13.0 Å². The Morgan fingerprint density at radius 3 is 2.40 bits per heavy atom. The third kappa shape index (κ3) is 3.95. The first-order valence-corrected chi connectivity index (χ1v) is 8.84. The van der Waals surface area contributed by atoms with Crippen LogP contribution in [0, 0.1) is 13.8 Å². The fourth-order valence-corrected chi connectivity index (χ4v) is 3.35. The normalized spacial score (nSPS) is 14.7. The zero-order valence-electron chi connectivity index (χ0n) is 15.2. The molecule has 0 radical (unpaired) electrons. The maximum absolute atomic E-state index is 12.6.